The van der Waals surface area contributed by atoms with Crippen LogP contribution in [0.5, 0.6) is 5.75 Å². The molecule has 118 valence electrons. The van der Waals surface area contributed by atoms with Gasteiger partial charge in [-0.25, -0.2) is 13.6 Å². The van der Waals surface area contributed by atoms with E-state index in [0.717, 1.165) is 12.8 Å². The molecule has 1 aromatic rings. The van der Waals surface area contributed by atoms with Gasteiger partial charge in [-0.3, -0.25) is 4.79 Å². The molecule has 1 atom stereocenters. The van der Waals surface area contributed by atoms with Crippen LogP contribution in [0.1, 0.15) is 26.2 Å². The van der Waals surface area contributed by atoms with E-state index >= 15 is 0 Å². The number of benzene rings is 1. The van der Waals surface area contributed by atoms with Crippen molar-refractivity contribution < 1.29 is 17.9 Å². The Hall–Kier alpha value is -1.64. The first-order valence-electron chi connectivity index (χ1n) is 6.54. The standard InChI is InChI=1S/C13H21N3O4S/c1-3-4-9(14)7-13(17)16-11-8-10(21(15,18)19)5-6-12(11)20-2/h5-6,8-9H,3-4,7,14H2,1-2H3,(H,16,17)(H2,15,18,19). The maximum Gasteiger partial charge on any atom is 0.238 e. The Labute approximate surface area is 124 Å². The molecule has 7 nitrogen and oxygen atoms in total. The van der Waals surface area contributed by atoms with Crippen LogP contribution in [0.15, 0.2) is 23.1 Å². The third-order valence-electron chi connectivity index (χ3n) is 2.88. The van der Waals surface area contributed by atoms with E-state index in [9.17, 15) is 13.2 Å². The Morgan fingerprint density at radius 3 is 2.62 bits per heavy atom. The first-order chi connectivity index (χ1) is 9.77. The molecule has 0 heterocycles. The van der Waals surface area contributed by atoms with Gasteiger partial charge in [0, 0.05) is 12.5 Å². The third kappa shape index (κ3) is 5.33. The number of ether oxygens (including phenoxy) is 1. The van der Waals surface area contributed by atoms with E-state index in [1.165, 1.54) is 25.3 Å². The van der Waals surface area contributed by atoms with E-state index in [0.29, 0.717) is 5.75 Å². The van der Waals surface area contributed by atoms with Crippen molar-refractivity contribution in [1.82, 2.24) is 0 Å². The second-order valence-corrected chi connectivity index (χ2v) is 6.27. The number of carbonyl (C=O) groups is 1. The monoisotopic (exact) mass is 315 g/mol. The molecule has 0 fully saturated rings. The van der Waals surface area contributed by atoms with Gasteiger partial charge in [-0.05, 0) is 24.6 Å². The number of hydrogen-bond donors (Lipinski definition) is 3. The summed E-state index contributed by atoms with van der Waals surface area (Å²) in [6, 6.07) is 3.77. The summed E-state index contributed by atoms with van der Waals surface area (Å²) in [6.45, 7) is 1.98. The highest BCUT2D eigenvalue weighted by molar-refractivity contribution is 7.89. The molecule has 0 aromatic heterocycles. The summed E-state index contributed by atoms with van der Waals surface area (Å²) in [5, 5.41) is 7.67. The summed E-state index contributed by atoms with van der Waals surface area (Å²) >= 11 is 0. The fourth-order valence-corrected chi connectivity index (χ4v) is 2.41. The molecule has 1 unspecified atom stereocenters. The second kappa shape index (κ2) is 7.39. The van der Waals surface area contributed by atoms with Gasteiger partial charge in [0.25, 0.3) is 0 Å². The smallest absolute Gasteiger partial charge is 0.238 e. The minimum absolute atomic E-state index is 0.101. The number of hydrogen-bond acceptors (Lipinski definition) is 5. The summed E-state index contributed by atoms with van der Waals surface area (Å²) < 4.78 is 27.8. The maximum absolute atomic E-state index is 11.9. The van der Waals surface area contributed by atoms with E-state index < -0.39 is 10.0 Å². The molecule has 0 saturated carbocycles. The lowest BCUT2D eigenvalue weighted by Crippen LogP contribution is -2.27. The van der Waals surface area contributed by atoms with Gasteiger partial charge in [0.1, 0.15) is 5.75 Å². The van der Waals surface area contributed by atoms with E-state index in [-0.39, 0.29) is 29.0 Å². The molecule has 0 aliphatic carbocycles. The highest BCUT2D eigenvalue weighted by Gasteiger charge is 2.15. The lowest BCUT2D eigenvalue weighted by molar-refractivity contribution is -0.116. The number of sulfonamides is 1. The number of rotatable bonds is 7. The molecule has 1 amide bonds. The number of amides is 1. The molecule has 0 radical (unpaired) electrons. The molecule has 0 bridgehead atoms. The van der Waals surface area contributed by atoms with Crippen molar-refractivity contribution in [3.8, 4) is 5.75 Å². The fraction of sp³-hybridized carbons (Fsp3) is 0.462. The van der Waals surface area contributed by atoms with Crippen LogP contribution in [-0.2, 0) is 14.8 Å². The number of nitrogens with one attached hydrogen (secondary N) is 1. The maximum atomic E-state index is 11.9. The molecular formula is C13H21N3O4S. The number of primary sulfonamides is 1. The summed E-state index contributed by atoms with van der Waals surface area (Å²) in [4.78, 5) is 11.8. The van der Waals surface area contributed by atoms with Crippen molar-refractivity contribution in [1.29, 1.82) is 0 Å². The number of anilines is 1. The average Bonchev–Trinajstić information content (AvgIpc) is 2.37. The normalized spacial score (nSPS) is 12.8. The lowest BCUT2D eigenvalue weighted by atomic mass is 10.1. The van der Waals surface area contributed by atoms with Gasteiger partial charge in [-0.2, -0.15) is 0 Å². The Morgan fingerprint density at radius 2 is 2.10 bits per heavy atom. The second-order valence-electron chi connectivity index (χ2n) is 4.71. The van der Waals surface area contributed by atoms with Crippen LogP contribution < -0.4 is 20.9 Å². The summed E-state index contributed by atoms with van der Waals surface area (Å²) in [5.41, 5.74) is 6.05. The van der Waals surface area contributed by atoms with Gasteiger partial charge in [-0.1, -0.05) is 13.3 Å². The largest absolute Gasteiger partial charge is 0.495 e. The number of carbonyl (C=O) groups excluding carboxylic acids is 1. The van der Waals surface area contributed by atoms with E-state index in [1.807, 2.05) is 6.92 Å². The van der Waals surface area contributed by atoms with Crippen LogP contribution in [0.3, 0.4) is 0 Å². The molecular weight excluding hydrogens is 294 g/mol. The van der Waals surface area contributed by atoms with E-state index in [2.05, 4.69) is 5.32 Å². The zero-order valence-corrected chi connectivity index (χ0v) is 12.9. The molecule has 8 heteroatoms. The molecule has 21 heavy (non-hydrogen) atoms. The summed E-state index contributed by atoms with van der Waals surface area (Å²) in [5.74, 6) is 0.0423. The molecule has 0 spiro atoms. The predicted molar refractivity (Wildman–Crippen MR) is 80.5 cm³/mol. The van der Waals surface area contributed by atoms with Crippen molar-refractivity contribution in [2.75, 3.05) is 12.4 Å². The molecule has 0 aliphatic rings. The minimum atomic E-state index is -3.85. The van der Waals surface area contributed by atoms with Crippen LogP contribution in [0.4, 0.5) is 5.69 Å². The van der Waals surface area contributed by atoms with Crippen LogP contribution in [0.25, 0.3) is 0 Å². The Bertz CT molecular complexity index is 601. The van der Waals surface area contributed by atoms with Crippen molar-refractivity contribution in [2.45, 2.75) is 37.1 Å². The highest BCUT2D eigenvalue weighted by Crippen LogP contribution is 2.27. The first kappa shape index (κ1) is 17.4. The zero-order chi connectivity index (χ0) is 16.0. The Morgan fingerprint density at radius 1 is 1.43 bits per heavy atom. The van der Waals surface area contributed by atoms with Gasteiger partial charge >= 0.3 is 0 Å². The summed E-state index contributed by atoms with van der Waals surface area (Å²) in [7, 11) is -2.43. The number of nitrogens with two attached hydrogens (primary N) is 2. The summed E-state index contributed by atoms with van der Waals surface area (Å²) in [6.07, 6.45) is 1.77. The third-order valence-corrected chi connectivity index (χ3v) is 3.79. The van der Waals surface area contributed by atoms with E-state index in [1.54, 1.807) is 0 Å². The SMILES string of the molecule is CCCC(N)CC(=O)Nc1cc(S(N)(=O)=O)ccc1OC. The highest BCUT2D eigenvalue weighted by atomic mass is 32.2. The Kier molecular flexibility index (Phi) is 6.13. The van der Waals surface area contributed by atoms with Crippen LogP contribution in [0.2, 0.25) is 0 Å². The minimum Gasteiger partial charge on any atom is -0.495 e. The van der Waals surface area contributed by atoms with Crippen LogP contribution in [0, 0.1) is 0 Å². The predicted octanol–water partition coefficient (Wildman–Crippen LogP) is 0.799. The zero-order valence-electron chi connectivity index (χ0n) is 12.1. The lowest BCUT2D eigenvalue weighted by Gasteiger charge is -2.13. The van der Waals surface area contributed by atoms with Crippen molar-refractivity contribution in [2.24, 2.45) is 10.9 Å². The van der Waals surface area contributed by atoms with Gasteiger partial charge in [0.2, 0.25) is 15.9 Å². The first-order valence-corrected chi connectivity index (χ1v) is 8.08. The molecule has 0 aliphatic heterocycles. The molecule has 5 N–H and O–H groups in total. The van der Waals surface area contributed by atoms with Gasteiger partial charge in [0.15, 0.2) is 0 Å². The average molecular weight is 315 g/mol. The molecule has 1 aromatic carbocycles. The van der Waals surface area contributed by atoms with Gasteiger partial charge in [-0.15, -0.1) is 0 Å². The van der Waals surface area contributed by atoms with Gasteiger partial charge in [0.05, 0.1) is 17.7 Å². The van der Waals surface area contributed by atoms with Gasteiger partial charge < -0.3 is 15.8 Å². The van der Waals surface area contributed by atoms with Crippen molar-refractivity contribution >= 4 is 21.6 Å². The Balaban J connectivity index is 2.93. The van der Waals surface area contributed by atoms with Crippen LogP contribution >= 0.6 is 0 Å². The topological polar surface area (TPSA) is 125 Å². The quantitative estimate of drug-likeness (QED) is 0.686. The number of methoxy groups -OCH3 is 1. The van der Waals surface area contributed by atoms with E-state index in [4.69, 9.17) is 15.6 Å². The van der Waals surface area contributed by atoms with Crippen LogP contribution in [-0.4, -0.2) is 27.5 Å². The van der Waals surface area contributed by atoms with Crippen molar-refractivity contribution in [3.63, 3.8) is 0 Å². The molecule has 1 rings (SSSR count). The van der Waals surface area contributed by atoms with Crippen molar-refractivity contribution in [3.05, 3.63) is 18.2 Å². The fourth-order valence-electron chi connectivity index (χ4n) is 1.87. The molecule has 0 saturated heterocycles.